The second-order valence-corrected chi connectivity index (χ2v) is 7.24. The standard InChI is InChI=1S/C15H21NO3S/c1-5-20(18,19)13-8-6-12(7-9-13)15(16)14(10(2)3)11(4)17/h6-10H,5,16H2,1-4H3/b15-14-. The summed E-state index contributed by atoms with van der Waals surface area (Å²) in [5.74, 6) is 0.0110. The number of allylic oxidation sites excluding steroid dienone is 1. The monoisotopic (exact) mass is 295 g/mol. The summed E-state index contributed by atoms with van der Waals surface area (Å²) in [5.41, 5.74) is 7.68. The van der Waals surface area contributed by atoms with Gasteiger partial charge in [0.05, 0.1) is 10.6 Å². The van der Waals surface area contributed by atoms with Gasteiger partial charge in [-0.05, 0) is 30.5 Å². The second kappa shape index (κ2) is 6.22. The summed E-state index contributed by atoms with van der Waals surface area (Å²) in [5, 5.41) is 0. The normalized spacial score (nSPS) is 13.2. The predicted octanol–water partition coefficient (Wildman–Crippen LogP) is 2.40. The minimum atomic E-state index is -3.22. The van der Waals surface area contributed by atoms with E-state index in [1.807, 2.05) is 13.8 Å². The molecular formula is C15H21NO3S. The van der Waals surface area contributed by atoms with Crippen LogP contribution in [0.4, 0.5) is 0 Å². The van der Waals surface area contributed by atoms with Gasteiger partial charge in [0.25, 0.3) is 0 Å². The Kier molecular flexibility index (Phi) is 5.11. The number of hydrogen-bond donors (Lipinski definition) is 1. The van der Waals surface area contributed by atoms with E-state index in [9.17, 15) is 13.2 Å². The molecule has 1 aromatic carbocycles. The van der Waals surface area contributed by atoms with Crippen LogP contribution in [0.5, 0.6) is 0 Å². The van der Waals surface area contributed by atoms with Crippen molar-refractivity contribution < 1.29 is 13.2 Å². The van der Waals surface area contributed by atoms with Gasteiger partial charge in [-0.25, -0.2) is 8.42 Å². The van der Waals surface area contributed by atoms with Crippen LogP contribution >= 0.6 is 0 Å². The number of carbonyl (C=O) groups is 1. The third kappa shape index (κ3) is 3.48. The fraction of sp³-hybridized carbons (Fsp3) is 0.400. The number of benzene rings is 1. The van der Waals surface area contributed by atoms with Crippen molar-refractivity contribution in [1.82, 2.24) is 0 Å². The summed E-state index contributed by atoms with van der Waals surface area (Å²) < 4.78 is 23.5. The van der Waals surface area contributed by atoms with Crippen LogP contribution in [-0.4, -0.2) is 20.0 Å². The van der Waals surface area contributed by atoms with E-state index in [1.165, 1.54) is 19.1 Å². The molecule has 0 saturated heterocycles. The minimum Gasteiger partial charge on any atom is -0.398 e. The lowest BCUT2D eigenvalue weighted by Gasteiger charge is -2.13. The maximum absolute atomic E-state index is 11.7. The summed E-state index contributed by atoms with van der Waals surface area (Å²) in [6.07, 6.45) is 0. The first-order chi connectivity index (χ1) is 9.20. The van der Waals surface area contributed by atoms with Crippen LogP contribution in [0.2, 0.25) is 0 Å². The average molecular weight is 295 g/mol. The lowest BCUT2D eigenvalue weighted by molar-refractivity contribution is -0.113. The molecule has 0 spiro atoms. The highest BCUT2D eigenvalue weighted by molar-refractivity contribution is 7.91. The van der Waals surface area contributed by atoms with Gasteiger partial charge < -0.3 is 5.73 Å². The molecule has 2 N–H and O–H groups in total. The Morgan fingerprint density at radius 3 is 2.05 bits per heavy atom. The van der Waals surface area contributed by atoms with Crippen LogP contribution in [0, 0.1) is 5.92 Å². The molecule has 0 bridgehead atoms. The lowest BCUT2D eigenvalue weighted by atomic mass is 9.94. The molecule has 5 heteroatoms. The minimum absolute atomic E-state index is 0.0200. The predicted molar refractivity (Wildman–Crippen MR) is 80.8 cm³/mol. The summed E-state index contributed by atoms with van der Waals surface area (Å²) in [6, 6.07) is 6.34. The average Bonchev–Trinajstić information content (AvgIpc) is 2.38. The Hall–Kier alpha value is -1.62. The first-order valence-electron chi connectivity index (χ1n) is 6.54. The van der Waals surface area contributed by atoms with Crippen LogP contribution in [0.1, 0.15) is 33.3 Å². The Labute approximate surface area is 120 Å². The van der Waals surface area contributed by atoms with Crippen LogP contribution in [0.15, 0.2) is 34.7 Å². The SMILES string of the molecule is CCS(=O)(=O)c1ccc(/C(N)=C(/C(C)=O)C(C)C)cc1. The molecule has 0 radical (unpaired) electrons. The summed E-state index contributed by atoms with van der Waals surface area (Å²) in [7, 11) is -3.22. The zero-order valence-electron chi connectivity index (χ0n) is 12.3. The molecule has 0 aliphatic heterocycles. The molecule has 0 atom stereocenters. The molecule has 0 fully saturated rings. The third-order valence-corrected chi connectivity index (χ3v) is 4.90. The van der Waals surface area contributed by atoms with Crippen molar-refractivity contribution in [1.29, 1.82) is 0 Å². The zero-order chi connectivity index (χ0) is 15.5. The number of nitrogens with two attached hydrogens (primary N) is 1. The third-order valence-electron chi connectivity index (χ3n) is 3.15. The Morgan fingerprint density at radius 1 is 1.20 bits per heavy atom. The highest BCUT2D eigenvalue weighted by Gasteiger charge is 2.16. The number of sulfone groups is 1. The highest BCUT2D eigenvalue weighted by Crippen LogP contribution is 2.22. The quantitative estimate of drug-likeness (QED) is 0.846. The number of carbonyl (C=O) groups excluding carboxylic acids is 1. The van der Waals surface area contributed by atoms with Crippen LogP contribution in [0.25, 0.3) is 5.70 Å². The van der Waals surface area contributed by atoms with Gasteiger partial charge in [0.2, 0.25) is 0 Å². The first-order valence-corrected chi connectivity index (χ1v) is 8.19. The van der Waals surface area contributed by atoms with Crippen LogP contribution in [0.3, 0.4) is 0 Å². The smallest absolute Gasteiger partial charge is 0.178 e. The highest BCUT2D eigenvalue weighted by atomic mass is 32.2. The molecule has 20 heavy (non-hydrogen) atoms. The van der Waals surface area contributed by atoms with E-state index in [0.717, 1.165) is 0 Å². The van der Waals surface area contributed by atoms with Gasteiger partial charge in [0.15, 0.2) is 15.6 Å². The lowest BCUT2D eigenvalue weighted by Crippen LogP contribution is -2.13. The number of ketones is 1. The van der Waals surface area contributed by atoms with E-state index in [0.29, 0.717) is 16.8 Å². The van der Waals surface area contributed by atoms with E-state index < -0.39 is 9.84 Å². The molecular weight excluding hydrogens is 274 g/mol. The van der Waals surface area contributed by atoms with E-state index >= 15 is 0 Å². The summed E-state index contributed by atoms with van der Waals surface area (Å²) in [6.45, 7) is 6.89. The van der Waals surface area contributed by atoms with E-state index in [4.69, 9.17) is 5.73 Å². The molecule has 0 heterocycles. The summed E-state index contributed by atoms with van der Waals surface area (Å²) >= 11 is 0. The largest absolute Gasteiger partial charge is 0.398 e. The van der Waals surface area contributed by atoms with Crippen molar-refractivity contribution in [2.45, 2.75) is 32.6 Å². The fourth-order valence-corrected chi connectivity index (χ4v) is 2.96. The van der Waals surface area contributed by atoms with E-state index in [1.54, 1.807) is 19.1 Å². The topological polar surface area (TPSA) is 77.2 Å². The van der Waals surface area contributed by atoms with Gasteiger partial charge in [0.1, 0.15) is 0 Å². The van der Waals surface area contributed by atoms with Crippen molar-refractivity contribution in [2.75, 3.05) is 5.75 Å². The number of rotatable bonds is 5. The second-order valence-electron chi connectivity index (χ2n) is 4.97. The number of Topliss-reactive ketones (excluding diaryl/α,β-unsaturated/α-hetero) is 1. The molecule has 0 saturated carbocycles. The van der Waals surface area contributed by atoms with E-state index in [-0.39, 0.29) is 22.3 Å². The van der Waals surface area contributed by atoms with E-state index in [2.05, 4.69) is 0 Å². The van der Waals surface area contributed by atoms with Gasteiger partial charge in [-0.2, -0.15) is 0 Å². The Bertz CT molecular complexity index is 626. The van der Waals surface area contributed by atoms with Gasteiger partial charge in [-0.15, -0.1) is 0 Å². The van der Waals surface area contributed by atoms with Crippen LogP contribution < -0.4 is 5.73 Å². The van der Waals surface area contributed by atoms with Crippen LogP contribution in [-0.2, 0) is 14.6 Å². The maximum Gasteiger partial charge on any atom is 0.178 e. The van der Waals surface area contributed by atoms with Crippen molar-refractivity contribution in [2.24, 2.45) is 11.7 Å². The molecule has 1 aromatic rings. The van der Waals surface area contributed by atoms with Gasteiger partial charge in [0, 0.05) is 11.3 Å². The van der Waals surface area contributed by atoms with Crippen molar-refractivity contribution >= 4 is 21.3 Å². The summed E-state index contributed by atoms with van der Waals surface area (Å²) in [4.78, 5) is 11.9. The molecule has 0 aliphatic rings. The van der Waals surface area contributed by atoms with Crippen molar-refractivity contribution in [3.8, 4) is 0 Å². The Balaban J connectivity index is 3.29. The maximum atomic E-state index is 11.7. The van der Waals surface area contributed by atoms with Gasteiger partial charge in [-0.3, -0.25) is 4.79 Å². The first kappa shape index (κ1) is 16.4. The Morgan fingerprint density at radius 2 is 1.70 bits per heavy atom. The molecule has 0 aliphatic carbocycles. The number of hydrogen-bond acceptors (Lipinski definition) is 4. The molecule has 4 nitrogen and oxygen atoms in total. The van der Waals surface area contributed by atoms with Crippen molar-refractivity contribution in [3.05, 3.63) is 35.4 Å². The molecule has 0 unspecified atom stereocenters. The molecule has 1 rings (SSSR count). The van der Waals surface area contributed by atoms with Gasteiger partial charge >= 0.3 is 0 Å². The molecule has 0 aromatic heterocycles. The van der Waals surface area contributed by atoms with Gasteiger partial charge in [-0.1, -0.05) is 32.9 Å². The fourth-order valence-electron chi connectivity index (χ4n) is 2.07. The zero-order valence-corrected chi connectivity index (χ0v) is 13.1. The molecule has 110 valence electrons. The molecule has 0 amide bonds. The van der Waals surface area contributed by atoms with Crippen molar-refractivity contribution in [3.63, 3.8) is 0 Å².